The number of nitrogens with zero attached hydrogens (tertiary/aromatic N) is 2. The highest BCUT2D eigenvalue weighted by Gasteiger charge is 2.43. The van der Waals surface area contributed by atoms with Gasteiger partial charge in [0, 0.05) is 12.6 Å². The third kappa shape index (κ3) is 6.02. The summed E-state index contributed by atoms with van der Waals surface area (Å²) in [6.45, 7) is 5.71. The minimum absolute atomic E-state index is 0.0473. The Kier molecular flexibility index (Phi) is 8.74. The molecule has 0 aromatic heterocycles. The molecule has 192 valence electrons. The molecule has 6 nitrogen and oxygen atoms in total. The molecule has 1 heterocycles. The Morgan fingerprint density at radius 3 is 2.54 bits per heavy atom. The van der Waals surface area contributed by atoms with Crippen molar-refractivity contribution in [2.45, 2.75) is 90.1 Å². The van der Waals surface area contributed by atoms with E-state index in [-0.39, 0.29) is 24.4 Å². The summed E-state index contributed by atoms with van der Waals surface area (Å²) in [5, 5.41) is 0. The lowest BCUT2D eigenvalue weighted by atomic mass is 9.85. The van der Waals surface area contributed by atoms with Gasteiger partial charge in [0.15, 0.2) is 11.5 Å². The largest absolute Gasteiger partial charge is 0.493 e. The lowest BCUT2D eigenvalue weighted by Crippen LogP contribution is -2.58. The SMILES string of the molecule is CCCOc1ccc([C@H]2C(=O)N(C3CCC(C)CC3)CC(=O)N2CCC2=CCCCC2)cc1OC. The maximum Gasteiger partial charge on any atom is 0.250 e. The highest BCUT2D eigenvalue weighted by molar-refractivity contribution is 5.96. The van der Waals surface area contributed by atoms with Crippen molar-refractivity contribution in [3.63, 3.8) is 0 Å². The summed E-state index contributed by atoms with van der Waals surface area (Å²) in [5.41, 5.74) is 2.22. The van der Waals surface area contributed by atoms with Crippen molar-refractivity contribution in [1.29, 1.82) is 0 Å². The standard InChI is InChI=1S/C29H42N2O4/c1-4-18-35-25-15-12-23(19-26(25)34-3)28-29(33)31(24-13-10-21(2)11-14-24)20-27(32)30(28)17-16-22-8-6-5-7-9-22/h8,12,15,19,21,24,28H,4-7,9-11,13-14,16-18,20H2,1-3H3/t21?,24?,28-/m0/s1. The molecule has 1 saturated carbocycles. The van der Waals surface area contributed by atoms with E-state index in [9.17, 15) is 9.59 Å². The molecule has 4 rings (SSSR count). The van der Waals surface area contributed by atoms with Gasteiger partial charge in [0.25, 0.3) is 5.91 Å². The second-order valence-electron chi connectivity index (χ2n) is 10.5. The maximum atomic E-state index is 14.0. The van der Waals surface area contributed by atoms with Crippen LogP contribution in [0, 0.1) is 5.92 Å². The Hall–Kier alpha value is -2.50. The number of piperazine rings is 1. The summed E-state index contributed by atoms with van der Waals surface area (Å²) < 4.78 is 11.5. The van der Waals surface area contributed by atoms with Crippen molar-refractivity contribution in [2.75, 3.05) is 26.8 Å². The van der Waals surface area contributed by atoms with Crippen LogP contribution in [-0.2, 0) is 9.59 Å². The predicted octanol–water partition coefficient (Wildman–Crippen LogP) is 5.67. The quantitative estimate of drug-likeness (QED) is 0.426. The number of rotatable bonds is 9. The lowest BCUT2D eigenvalue weighted by Gasteiger charge is -2.45. The number of amides is 2. The molecule has 1 aromatic carbocycles. The molecule has 0 radical (unpaired) electrons. The van der Waals surface area contributed by atoms with Crippen LogP contribution in [0.2, 0.25) is 0 Å². The molecule has 2 amide bonds. The number of carbonyl (C=O) groups is 2. The van der Waals surface area contributed by atoms with Gasteiger partial charge in [-0.05, 0) is 87.8 Å². The number of hydrogen-bond donors (Lipinski definition) is 0. The Morgan fingerprint density at radius 1 is 1.06 bits per heavy atom. The average molecular weight is 483 g/mol. The van der Waals surface area contributed by atoms with Gasteiger partial charge in [0.2, 0.25) is 5.91 Å². The van der Waals surface area contributed by atoms with Crippen LogP contribution in [0.15, 0.2) is 29.8 Å². The van der Waals surface area contributed by atoms with Crippen molar-refractivity contribution in [3.05, 3.63) is 35.4 Å². The maximum absolute atomic E-state index is 14.0. The van der Waals surface area contributed by atoms with Gasteiger partial charge < -0.3 is 19.3 Å². The monoisotopic (exact) mass is 482 g/mol. The van der Waals surface area contributed by atoms with E-state index in [1.807, 2.05) is 28.0 Å². The van der Waals surface area contributed by atoms with Gasteiger partial charge in [0.1, 0.15) is 12.6 Å². The summed E-state index contributed by atoms with van der Waals surface area (Å²) in [6.07, 6.45) is 12.9. The first-order valence-electron chi connectivity index (χ1n) is 13.6. The number of ether oxygens (including phenoxy) is 2. The van der Waals surface area contributed by atoms with Crippen molar-refractivity contribution < 1.29 is 19.1 Å². The van der Waals surface area contributed by atoms with Gasteiger partial charge in [-0.15, -0.1) is 0 Å². The summed E-state index contributed by atoms with van der Waals surface area (Å²) >= 11 is 0. The molecule has 2 aliphatic carbocycles. The summed E-state index contributed by atoms with van der Waals surface area (Å²) in [6, 6.07) is 5.24. The Bertz CT molecular complexity index is 919. The van der Waals surface area contributed by atoms with Gasteiger partial charge in [-0.25, -0.2) is 0 Å². The van der Waals surface area contributed by atoms with E-state index in [1.54, 1.807) is 7.11 Å². The first-order chi connectivity index (χ1) is 17.0. The minimum atomic E-state index is -0.617. The van der Waals surface area contributed by atoms with E-state index in [2.05, 4.69) is 19.9 Å². The molecule has 35 heavy (non-hydrogen) atoms. The summed E-state index contributed by atoms with van der Waals surface area (Å²) in [5.74, 6) is 2.07. The zero-order valence-corrected chi connectivity index (χ0v) is 21.8. The van der Waals surface area contributed by atoms with E-state index < -0.39 is 6.04 Å². The molecule has 0 N–H and O–H groups in total. The zero-order chi connectivity index (χ0) is 24.8. The molecule has 3 aliphatic rings. The van der Waals surface area contributed by atoms with Gasteiger partial charge in [-0.2, -0.15) is 0 Å². The molecule has 0 unspecified atom stereocenters. The van der Waals surface area contributed by atoms with Crippen LogP contribution < -0.4 is 9.47 Å². The van der Waals surface area contributed by atoms with E-state index in [1.165, 1.54) is 18.4 Å². The number of benzene rings is 1. The Balaban J connectivity index is 1.62. The molecule has 0 spiro atoms. The molecule has 1 aliphatic heterocycles. The summed E-state index contributed by atoms with van der Waals surface area (Å²) in [4.78, 5) is 31.2. The smallest absolute Gasteiger partial charge is 0.250 e. The number of hydrogen-bond acceptors (Lipinski definition) is 4. The van der Waals surface area contributed by atoms with Crippen LogP contribution in [-0.4, -0.2) is 54.5 Å². The fourth-order valence-corrected chi connectivity index (χ4v) is 5.77. The van der Waals surface area contributed by atoms with Crippen molar-refractivity contribution in [1.82, 2.24) is 9.80 Å². The molecular formula is C29H42N2O4. The number of carbonyl (C=O) groups excluding carboxylic acids is 2. The topological polar surface area (TPSA) is 59.1 Å². The van der Waals surface area contributed by atoms with Crippen LogP contribution in [0.4, 0.5) is 0 Å². The first-order valence-corrected chi connectivity index (χ1v) is 13.6. The van der Waals surface area contributed by atoms with E-state index >= 15 is 0 Å². The van der Waals surface area contributed by atoms with Crippen molar-refractivity contribution in [2.24, 2.45) is 5.92 Å². The molecule has 0 bridgehead atoms. The first kappa shape index (κ1) is 25.6. The summed E-state index contributed by atoms with van der Waals surface area (Å²) in [7, 11) is 1.62. The molecule has 2 fully saturated rings. The highest BCUT2D eigenvalue weighted by Crippen LogP contribution is 2.37. The fourth-order valence-electron chi connectivity index (χ4n) is 5.77. The van der Waals surface area contributed by atoms with Crippen LogP contribution in [0.25, 0.3) is 0 Å². The molecule has 1 atom stereocenters. The van der Waals surface area contributed by atoms with Crippen molar-refractivity contribution in [3.8, 4) is 11.5 Å². The molecule has 1 saturated heterocycles. The normalized spacial score (nSPS) is 25.5. The van der Waals surface area contributed by atoms with Gasteiger partial charge >= 0.3 is 0 Å². The second-order valence-corrected chi connectivity index (χ2v) is 10.5. The van der Waals surface area contributed by atoms with Crippen molar-refractivity contribution >= 4 is 11.8 Å². The van der Waals surface area contributed by atoms with Crippen LogP contribution in [0.5, 0.6) is 11.5 Å². The Labute approximate surface area is 210 Å². The molecule has 6 heteroatoms. The lowest BCUT2D eigenvalue weighted by molar-refractivity contribution is -0.159. The molecular weight excluding hydrogens is 440 g/mol. The van der Waals surface area contributed by atoms with E-state index in [4.69, 9.17) is 9.47 Å². The number of methoxy groups -OCH3 is 1. The minimum Gasteiger partial charge on any atom is -0.493 e. The van der Waals surface area contributed by atoms with Crippen LogP contribution >= 0.6 is 0 Å². The van der Waals surface area contributed by atoms with Crippen LogP contribution in [0.1, 0.15) is 89.7 Å². The highest BCUT2D eigenvalue weighted by atomic mass is 16.5. The van der Waals surface area contributed by atoms with E-state index in [0.29, 0.717) is 30.6 Å². The average Bonchev–Trinajstić information content (AvgIpc) is 2.88. The number of allylic oxidation sites excluding steroid dienone is 1. The van der Waals surface area contributed by atoms with Gasteiger partial charge in [-0.3, -0.25) is 9.59 Å². The molecule has 1 aromatic rings. The second kappa shape index (κ2) is 12.0. The predicted molar refractivity (Wildman–Crippen MR) is 138 cm³/mol. The van der Waals surface area contributed by atoms with Gasteiger partial charge in [-0.1, -0.05) is 31.6 Å². The fraction of sp³-hybridized carbons (Fsp3) is 0.655. The van der Waals surface area contributed by atoms with Crippen LogP contribution in [0.3, 0.4) is 0 Å². The third-order valence-corrected chi connectivity index (χ3v) is 7.90. The van der Waals surface area contributed by atoms with Gasteiger partial charge in [0.05, 0.1) is 13.7 Å². The Morgan fingerprint density at radius 2 is 1.86 bits per heavy atom. The third-order valence-electron chi connectivity index (χ3n) is 7.90. The zero-order valence-electron chi connectivity index (χ0n) is 21.8. The van der Waals surface area contributed by atoms with E-state index in [0.717, 1.165) is 56.9 Å².